The Morgan fingerprint density at radius 2 is 1.82 bits per heavy atom. The smallest absolute Gasteiger partial charge is 0.330 e. The zero-order valence-electron chi connectivity index (χ0n) is 9.50. The van der Waals surface area contributed by atoms with Crippen LogP contribution >= 0.6 is 0 Å². The minimum absolute atomic E-state index is 0.473. The van der Waals surface area contributed by atoms with Crippen molar-refractivity contribution in [3.05, 3.63) is 35.9 Å². The SMILES string of the molecule is NCCCNC(CC(F)(F)F)c1ccccc1. The number of rotatable bonds is 6. The van der Waals surface area contributed by atoms with E-state index >= 15 is 0 Å². The molecule has 3 N–H and O–H groups in total. The molecule has 1 atom stereocenters. The Bertz CT molecular complexity index is 311. The van der Waals surface area contributed by atoms with Crippen molar-refractivity contribution >= 4 is 0 Å². The Morgan fingerprint density at radius 3 is 2.35 bits per heavy atom. The largest absolute Gasteiger partial charge is 0.390 e. The summed E-state index contributed by atoms with van der Waals surface area (Å²) in [6.07, 6.45) is -4.36. The van der Waals surface area contributed by atoms with Gasteiger partial charge in [-0.05, 0) is 25.1 Å². The summed E-state index contributed by atoms with van der Waals surface area (Å²) in [4.78, 5) is 0. The minimum Gasteiger partial charge on any atom is -0.330 e. The van der Waals surface area contributed by atoms with Crippen molar-refractivity contribution < 1.29 is 13.2 Å². The van der Waals surface area contributed by atoms with Gasteiger partial charge >= 0.3 is 6.18 Å². The zero-order chi connectivity index (χ0) is 12.7. The van der Waals surface area contributed by atoms with Gasteiger partial charge in [-0.15, -0.1) is 0 Å². The maximum absolute atomic E-state index is 12.4. The third-order valence-corrected chi connectivity index (χ3v) is 2.41. The van der Waals surface area contributed by atoms with E-state index in [1.165, 1.54) is 0 Å². The molecule has 96 valence electrons. The number of alkyl halides is 3. The van der Waals surface area contributed by atoms with Gasteiger partial charge in [-0.25, -0.2) is 0 Å². The van der Waals surface area contributed by atoms with Gasteiger partial charge in [0.15, 0.2) is 0 Å². The fourth-order valence-corrected chi connectivity index (χ4v) is 1.60. The lowest BCUT2D eigenvalue weighted by molar-refractivity contribution is -0.140. The van der Waals surface area contributed by atoms with Gasteiger partial charge in [-0.2, -0.15) is 13.2 Å². The Balaban J connectivity index is 2.65. The molecule has 0 fully saturated rings. The van der Waals surface area contributed by atoms with Crippen molar-refractivity contribution in [1.29, 1.82) is 0 Å². The van der Waals surface area contributed by atoms with Crippen LogP contribution in [0.25, 0.3) is 0 Å². The predicted octanol–water partition coefficient (Wildman–Crippen LogP) is 2.62. The first-order chi connectivity index (χ1) is 8.03. The molecule has 0 saturated heterocycles. The van der Waals surface area contributed by atoms with Crippen LogP contribution in [-0.4, -0.2) is 19.3 Å². The molecule has 1 aromatic rings. The van der Waals surface area contributed by atoms with E-state index in [-0.39, 0.29) is 0 Å². The molecular formula is C12H17F3N2. The lowest BCUT2D eigenvalue weighted by Crippen LogP contribution is -2.28. The fraction of sp³-hybridized carbons (Fsp3) is 0.500. The number of hydrogen-bond donors (Lipinski definition) is 2. The summed E-state index contributed by atoms with van der Waals surface area (Å²) in [5.41, 5.74) is 5.97. The van der Waals surface area contributed by atoms with Crippen LogP contribution in [-0.2, 0) is 0 Å². The Morgan fingerprint density at radius 1 is 1.18 bits per heavy atom. The monoisotopic (exact) mass is 246 g/mol. The minimum atomic E-state index is -4.17. The van der Waals surface area contributed by atoms with Crippen molar-refractivity contribution in [2.75, 3.05) is 13.1 Å². The van der Waals surface area contributed by atoms with E-state index in [0.29, 0.717) is 25.1 Å². The Hall–Kier alpha value is -1.07. The third kappa shape index (κ3) is 5.70. The van der Waals surface area contributed by atoms with Crippen LogP contribution in [0.15, 0.2) is 30.3 Å². The molecule has 0 spiro atoms. The van der Waals surface area contributed by atoms with Gasteiger partial charge in [-0.1, -0.05) is 30.3 Å². The van der Waals surface area contributed by atoms with Crippen molar-refractivity contribution in [3.63, 3.8) is 0 Å². The molecule has 5 heteroatoms. The molecule has 1 unspecified atom stereocenters. The quantitative estimate of drug-likeness (QED) is 0.757. The van der Waals surface area contributed by atoms with Gasteiger partial charge in [0.05, 0.1) is 6.42 Å². The summed E-state index contributed by atoms with van der Waals surface area (Å²) in [6, 6.07) is 7.97. The van der Waals surface area contributed by atoms with Crippen molar-refractivity contribution in [3.8, 4) is 0 Å². The van der Waals surface area contributed by atoms with E-state index in [2.05, 4.69) is 5.32 Å². The second kappa shape index (κ2) is 6.61. The first-order valence-corrected chi connectivity index (χ1v) is 5.58. The molecule has 0 amide bonds. The van der Waals surface area contributed by atoms with Crippen LogP contribution in [0.5, 0.6) is 0 Å². The fourth-order valence-electron chi connectivity index (χ4n) is 1.60. The number of hydrogen-bond acceptors (Lipinski definition) is 2. The molecule has 0 bridgehead atoms. The molecular weight excluding hydrogens is 229 g/mol. The second-order valence-electron chi connectivity index (χ2n) is 3.88. The molecule has 0 aromatic heterocycles. The lowest BCUT2D eigenvalue weighted by Gasteiger charge is -2.20. The van der Waals surface area contributed by atoms with Crippen LogP contribution in [0.2, 0.25) is 0 Å². The van der Waals surface area contributed by atoms with E-state index in [9.17, 15) is 13.2 Å². The first-order valence-electron chi connectivity index (χ1n) is 5.58. The summed E-state index contributed by atoms with van der Waals surface area (Å²) in [5, 5.41) is 2.89. The summed E-state index contributed by atoms with van der Waals surface area (Å²) in [7, 11) is 0. The second-order valence-corrected chi connectivity index (χ2v) is 3.88. The van der Waals surface area contributed by atoms with Gasteiger partial charge < -0.3 is 11.1 Å². The van der Waals surface area contributed by atoms with Gasteiger partial charge in [0.2, 0.25) is 0 Å². The molecule has 0 heterocycles. The molecule has 1 rings (SSSR count). The highest BCUT2D eigenvalue weighted by Crippen LogP contribution is 2.29. The molecule has 0 aliphatic carbocycles. The van der Waals surface area contributed by atoms with Crippen LogP contribution in [0.1, 0.15) is 24.4 Å². The number of nitrogens with two attached hydrogens (primary N) is 1. The van der Waals surface area contributed by atoms with Gasteiger partial charge in [-0.3, -0.25) is 0 Å². The maximum Gasteiger partial charge on any atom is 0.390 e. The number of benzene rings is 1. The van der Waals surface area contributed by atoms with Crippen LogP contribution < -0.4 is 11.1 Å². The average molecular weight is 246 g/mol. The van der Waals surface area contributed by atoms with Crippen molar-refractivity contribution in [1.82, 2.24) is 5.32 Å². The van der Waals surface area contributed by atoms with E-state index in [0.717, 1.165) is 0 Å². The molecule has 0 aliphatic heterocycles. The van der Waals surface area contributed by atoms with Crippen LogP contribution in [0.3, 0.4) is 0 Å². The third-order valence-electron chi connectivity index (χ3n) is 2.41. The van der Waals surface area contributed by atoms with Gasteiger partial charge in [0.1, 0.15) is 0 Å². The summed E-state index contributed by atoms with van der Waals surface area (Å²) in [6.45, 7) is 0.965. The molecule has 1 aromatic carbocycles. The summed E-state index contributed by atoms with van der Waals surface area (Å²) in [5.74, 6) is 0. The first kappa shape index (κ1) is 14.0. The van der Waals surface area contributed by atoms with Crippen LogP contribution in [0, 0.1) is 0 Å². The standard InChI is InChI=1S/C12H17F3N2/c13-12(14,15)9-11(17-8-4-7-16)10-5-2-1-3-6-10/h1-3,5-6,11,17H,4,7-9,16H2. The highest BCUT2D eigenvalue weighted by molar-refractivity contribution is 5.19. The molecule has 2 nitrogen and oxygen atoms in total. The lowest BCUT2D eigenvalue weighted by atomic mass is 10.0. The van der Waals surface area contributed by atoms with Gasteiger partial charge in [0, 0.05) is 6.04 Å². The number of nitrogens with one attached hydrogen (secondary N) is 1. The van der Waals surface area contributed by atoms with Crippen molar-refractivity contribution in [2.24, 2.45) is 5.73 Å². The Labute approximate surface area is 99.0 Å². The van der Waals surface area contributed by atoms with E-state index in [1.54, 1.807) is 30.3 Å². The molecule has 0 aliphatic rings. The van der Waals surface area contributed by atoms with Crippen LogP contribution in [0.4, 0.5) is 13.2 Å². The highest BCUT2D eigenvalue weighted by Gasteiger charge is 2.32. The average Bonchev–Trinajstić information content (AvgIpc) is 2.28. The Kier molecular flexibility index (Phi) is 5.44. The molecule has 0 radical (unpaired) electrons. The van der Waals surface area contributed by atoms with E-state index in [1.807, 2.05) is 0 Å². The van der Waals surface area contributed by atoms with Crippen molar-refractivity contribution in [2.45, 2.75) is 25.1 Å². The van der Waals surface area contributed by atoms with E-state index < -0.39 is 18.6 Å². The molecule has 17 heavy (non-hydrogen) atoms. The van der Waals surface area contributed by atoms with Gasteiger partial charge in [0.25, 0.3) is 0 Å². The number of halogens is 3. The predicted molar refractivity (Wildman–Crippen MR) is 61.5 cm³/mol. The maximum atomic E-state index is 12.4. The van der Waals surface area contributed by atoms with E-state index in [4.69, 9.17) is 5.73 Å². The zero-order valence-corrected chi connectivity index (χ0v) is 9.50. The topological polar surface area (TPSA) is 38.0 Å². The molecule has 0 saturated carbocycles. The summed E-state index contributed by atoms with van der Waals surface area (Å²) >= 11 is 0. The normalized spacial score (nSPS) is 13.6. The summed E-state index contributed by atoms with van der Waals surface area (Å²) < 4.78 is 37.3. The highest BCUT2D eigenvalue weighted by atomic mass is 19.4.